The van der Waals surface area contributed by atoms with E-state index in [-0.39, 0.29) is 29.9 Å². The third-order valence-electron chi connectivity index (χ3n) is 3.65. The maximum Gasteiger partial charge on any atom is 0.266 e. The molecule has 0 amide bonds. The van der Waals surface area contributed by atoms with E-state index >= 15 is 0 Å². The Kier molecular flexibility index (Phi) is 6.57. The van der Waals surface area contributed by atoms with E-state index in [1.165, 1.54) is 24.4 Å². The number of ether oxygens (including phenoxy) is 1. The molecule has 6 nitrogen and oxygen atoms in total. The summed E-state index contributed by atoms with van der Waals surface area (Å²) in [6.45, 7) is 4.23. The quantitative estimate of drug-likeness (QED) is 0.698. The lowest BCUT2D eigenvalue weighted by atomic mass is 10.0. The third-order valence-corrected chi connectivity index (χ3v) is 3.65. The number of hydrogen-bond acceptors (Lipinski definition) is 6. The number of nitrogen functional groups attached to an aromatic ring is 1. The molecule has 26 heavy (non-hydrogen) atoms. The van der Waals surface area contributed by atoms with Crippen molar-refractivity contribution in [3.8, 4) is 5.88 Å². The highest BCUT2D eigenvalue weighted by atomic mass is 19.3. The van der Waals surface area contributed by atoms with Crippen LogP contribution in [0, 0.1) is 5.92 Å². The Bertz CT molecular complexity index is 769. The number of anilines is 1. The van der Waals surface area contributed by atoms with Crippen molar-refractivity contribution in [2.75, 3.05) is 12.3 Å². The molecule has 0 aliphatic heterocycles. The number of rotatable bonds is 8. The summed E-state index contributed by atoms with van der Waals surface area (Å²) < 4.78 is 32.1. The van der Waals surface area contributed by atoms with Crippen molar-refractivity contribution in [3.05, 3.63) is 47.3 Å². The molecule has 8 heteroatoms. The van der Waals surface area contributed by atoms with Gasteiger partial charge in [-0.05, 0) is 30.5 Å². The van der Waals surface area contributed by atoms with Crippen LogP contribution in [0.5, 0.6) is 5.88 Å². The van der Waals surface area contributed by atoms with E-state index < -0.39 is 23.5 Å². The SMILES string of the molecule is CC(C)C[C@H](N)COc1ccc(C(F)F)c(C(=O)c2cccnc2N)n1. The molecule has 0 fully saturated rings. The van der Waals surface area contributed by atoms with Crippen molar-refractivity contribution in [2.24, 2.45) is 11.7 Å². The van der Waals surface area contributed by atoms with Gasteiger partial charge in [-0.1, -0.05) is 13.8 Å². The van der Waals surface area contributed by atoms with E-state index in [2.05, 4.69) is 9.97 Å². The monoisotopic (exact) mass is 364 g/mol. The molecule has 2 rings (SSSR count). The summed E-state index contributed by atoms with van der Waals surface area (Å²) in [5, 5.41) is 0. The zero-order valence-corrected chi connectivity index (χ0v) is 14.7. The van der Waals surface area contributed by atoms with Gasteiger partial charge in [-0.15, -0.1) is 0 Å². The summed E-state index contributed by atoms with van der Waals surface area (Å²) in [7, 11) is 0. The first-order valence-corrected chi connectivity index (χ1v) is 8.22. The van der Waals surface area contributed by atoms with Gasteiger partial charge in [0.2, 0.25) is 11.7 Å². The van der Waals surface area contributed by atoms with Crippen LogP contribution in [0.1, 0.15) is 48.3 Å². The lowest BCUT2D eigenvalue weighted by Gasteiger charge is -2.16. The van der Waals surface area contributed by atoms with Gasteiger partial charge < -0.3 is 16.2 Å². The highest BCUT2D eigenvalue weighted by Gasteiger charge is 2.24. The molecule has 140 valence electrons. The highest BCUT2D eigenvalue weighted by molar-refractivity contribution is 6.11. The second kappa shape index (κ2) is 8.66. The first-order valence-electron chi connectivity index (χ1n) is 8.22. The number of halogens is 2. The molecular weight excluding hydrogens is 342 g/mol. The molecule has 0 bridgehead atoms. The van der Waals surface area contributed by atoms with Gasteiger partial charge in [0, 0.05) is 23.9 Å². The summed E-state index contributed by atoms with van der Waals surface area (Å²) in [5.41, 5.74) is 10.7. The molecule has 2 heterocycles. The molecule has 0 aromatic carbocycles. The highest BCUT2D eigenvalue weighted by Crippen LogP contribution is 2.27. The molecule has 2 aromatic heterocycles. The van der Waals surface area contributed by atoms with E-state index in [1.807, 2.05) is 13.8 Å². The van der Waals surface area contributed by atoms with Gasteiger partial charge in [0.1, 0.15) is 18.1 Å². The summed E-state index contributed by atoms with van der Waals surface area (Å²) in [6, 6.07) is 5.11. The predicted octanol–water partition coefficient (Wildman–Crippen LogP) is 2.98. The number of aromatic nitrogens is 2. The standard InChI is InChI=1S/C18H22F2N4O2/c1-10(2)8-11(21)9-26-14-6-5-12(17(19)20)15(24-14)16(25)13-4-3-7-23-18(13)22/h3-7,10-11,17H,8-9,21H2,1-2H3,(H2,22,23)/t11-/m0/s1. The molecule has 0 aliphatic rings. The van der Waals surface area contributed by atoms with E-state index in [0.717, 1.165) is 12.5 Å². The van der Waals surface area contributed by atoms with Crippen molar-refractivity contribution < 1.29 is 18.3 Å². The summed E-state index contributed by atoms with van der Waals surface area (Å²) in [6.07, 6.45) is -0.715. The van der Waals surface area contributed by atoms with Crippen LogP contribution < -0.4 is 16.2 Å². The summed E-state index contributed by atoms with van der Waals surface area (Å²) in [5.74, 6) is -0.333. The average Bonchev–Trinajstić information content (AvgIpc) is 2.59. The van der Waals surface area contributed by atoms with Crippen molar-refractivity contribution in [1.82, 2.24) is 9.97 Å². The van der Waals surface area contributed by atoms with E-state index in [4.69, 9.17) is 16.2 Å². The Hall–Kier alpha value is -2.61. The fourth-order valence-electron chi connectivity index (χ4n) is 2.49. The molecule has 2 aromatic rings. The lowest BCUT2D eigenvalue weighted by molar-refractivity contribution is 0.101. The molecule has 0 saturated carbocycles. The predicted molar refractivity (Wildman–Crippen MR) is 94.2 cm³/mol. The van der Waals surface area contributed by atoms with Crippen LogP contribution in [0.3, 0.4) is 0 Å². The molecular formula is C18H22F2N4O2. The second-order valence-electron chi connectivity index (χ2n) is 6.35. The van der Waals surface area contributed by atoms with Crippen LogP contribution in [0.15, 0.2) is 30.5 Å². The van der Waals surface area contributed by atoms with Gasteiger partial charge >= 0.3 is 0 Å². The maximum atomic E-state index is 13.3. The van der Waals surface area contributed by atoms with Gasteiger partial charge in [-0.3, -0.25) is 4.79 Å². The fraction of sp³-hybridized carbons (Fsp3) is 0.389. The number of carbonyl (C=O) groups excluding carboxylic acids is 1. The number of nitrogens with zero attached hydrogens (tertiary/aromatic N) is 2. The van der Waals surface area contributed by atoms with Gasteiger partial charge in [0.25, 0.3) is 6.43 Å². The summed E-state index contributed by atoms with van der Waals surface area (Å²) in [4.78, 5) is 20.4. The average molecular weight is 364 g/mol. The van der Waals surface area contributed by atoms with Crippen LogP contribution in [0.4, 0.5) is 14.6 Å². The Morgan fingerprint density at radius 3 is 2.62 bits per heavy atom. The fourth-order valence-corrected chi connectivity index (χ4v) is 2.49. The van der Waals surface area contributed by atoms with Crippen LogP contribution >= 0.6 is 0 Å². The number of pyridine rings is 2. The van der Waals surface area contributed by atoms with Gasteiger partial charge in [0.05, 0.1) is 5.56 Å². The van der Waals surface area contributed by atoms with Gasteiger partial charge in [0.15, 0.2) is 0 Å². The van der Waals surface area contributed by atoms with Crippen molar-refractivity contribution in [2.45, 2.75) is 32.7 Å². The first kappa shape index (κ1) is 19.7. The zero-order chi connectivity index (χ0) is 19.3. The summed E-state index contributed by atoms with van der Waals surface area (Å²) >= 11 is 0. The minimum Gasteiger partial charge on any atom is -0.476 e. The molecule has 0 radical (unpaired) electrons. The van der Waals surface area contributed by atoms with Crippen LogP contribution in [-0.4, -0.2) is 28.4 Å². The van der Waals surface area contributed by atoms with E-state index in [0.29, 0.717) is 5.92 Å². The van der Waals surface area contributed by atoms with Crippen molar-refractivity contribution in [1.29, 1.82) is 0 Å². The molecule has 1 atom stereocenters. The molecule has 0 aliphatic carbocycles. The van der Waals surface area contributed by atoms with Gasteiger partial charge in [-0.25, -0.2) is 18.7 Å². The molecule has 4 N–H and O–H groups in total. The minimum absolute atomic E-state index is 0.00978. The smallest absolute Gasteiger partial charge is 0.266 e. The normalized spacial score (nSPS) is 12.4. The van der Waals surface area contributed by atoms with Crippen LogP contribution in [0.2, 0.25) is 0 Å². The van der Waals surface area contributed by atoms with Crippen LogP contribution in [-0.2, 0) is 0 Å². The second-order valence-corrected chi connectivity index (χ2v) is 6.35. The van der Waals surface area contributed by atoms with Gasteiger partial charge in [-0.2, -0.15) is 0 Å². The van der Waals surface area contributed by atoms with E-state index in [1.54, 1.807) is 0 Å². The minimum atomic E-state index is -2.86. The lowest BCUT2D eigenvalue weighted by Crippen LogP contribution is -2.29. The Labute approximate surface area is 150 Å². The Morgan fingerprint density at radius 2 is 2.00 bits per heavy atom. The van der Waals surface area contributed by atoms with Crippen molar-refractivity contribution in [3.63, 3.8) is 0 Å². The first-order chi connectivity index (χ1) is 12.3. The Morgan fingerprint density at radius 1 is 1.27 bits per heavy atom. The number of alkyl halides is 2. The molecule has 0 spiro atoms. The largest absolute Gasteiger partial charge is 0.476 e. The van der Waals surface area contributed by atoms with Crippen molar-refractivity contribution >= 4 is 11.6 Å². The molecule has 0 unspecified atom stereocenters. The molecule has 0 saturated heterocycles. The third kappa shape index (κ3) is 4.95. The number of hydrogen-bond donors (Lipinski definition) is 2. The maximum absolute atomic E-state index is 13.3. The Balaban J connectivity index is 2.29. The number of ketones is 1. The van der Waals surface area contributed by atoms with Crippen LogP contribution in [0.25, 0.3) is 0 Å². The van der Waals surface area contributed by atoms with E-state index in [9.17, 15) is 13.6 Å². The topological polar surface area (TPSA) is 104 Å². The zero-order valence-electron chi connectivity index (χ0n) is 14.7. The number of nitrogens with two attached hydrogens (primary N) is 2. The number of carbonyl (C=O) groups is 1.